The van der Waals surface area contributed by atoms with E-state index >= 15 is 0 Å². The quantitative estimate of drug-likeness (QED) is 0.102. The minimum atomic E-state index is -2.12. The number of hydrogen-bond donors (Lipinski definition) is 9. The molecule has 282 valence electrons. The molecule has 2 aromatic carbocycles. The van der Waals surface area contributed by atoms with Gasteiger partial charge in [-0.3, -0.25) is 39.5 Å². The van der Waals surface area contributed by atoms with E-state index in [9.17, 15) is 39.0 Å². The second-order valence-electron chi connectivity index (χ2n) is 13.9. The molecule has 6 amide bonds. The van der Waals surface area contributed by atoms with E-state index in [4.69, 9.17) is 5.41 Å². The first-order valence-electron chi connectivity index (χ1n) is 17.8. The third-order valence-electron chi connectivity index (χ3n) is 10.5. The molecule has 0 saturated carbocycles. The molecule has 4 saturated heterocycles. The third-order valence-corrected chi connectivity index (χ3v) is 10.5. The number of likely N-dealkylation sites (tertiary alicyclic amines) is 1. The number of hydrogen-bond acceptors (Lipinski definition) is 10. The molecule has 4 heterocycles. The highest BCUT2D eigenvalue weighted by atomic mass is 16.3. The Hall–Kier alpha value is -5.55. The van der Waals surface area contributed by atoms with Crippen molar-refractivity contribution in [1.29, 1.82) is 5.41 Å². The van der Waals surface area contributed by atoms with Gasteiger partial charge in [0.15, 0.2) is 0 Å². The van der Waals surface area contributed by atoms with Gasteiger partial charge in [0.05, 0.1) is 12.1 Å². The number of piperazine rings is 1. The summed E-state index contributed by atoms with van der Waals surface area (Å²) in [5.74, 6) is -2.76. The summed E-state index contributed by atoms with van der Waals surface area (Å²) in [5.41, 5.74) is -0.338. The maximum absolute atomic E-state index is 13.8. The minimum Gasteiger partial charge on any atom is -0.508 e. The van der Waals surface area contributed by atoms with Gasteiger partial charge in [-0.2, -0.15) is 0 Å². The lowest BCUT2D eigenvalue weighted by molar-refractivity contribution is -0.160. The van der Waals surface area contributed by atoms with Crippen LogP contribution in [0.4, 0.5) is 0 Å². The van der Waals surface area contributed by atoms with E-state index < -0.39 is 65.6 Å². The normalized spacial score (nSPS) is 27.3. The van der Waals surface area contributed by atoms with Gasteiger partial charge in [-0.1, -0.05) is 42.5 Å². The Morgan fingerprint density at radius 2 is 1.70 bits per heavy atom. The van der Waals surface area contributed by atoms with Crippen molar-refractivity contribution in [1.82, 2.24) is 41.7 Å². The van der Waals surface area contributed by atoms with Crippen LogP contribution in [0.15, 0.2) is 54.6 Å². The Balaban J connectivity index is 1.09. The van der Waals surface area contributed by atoms with Crippen molar-refractivity contribution in [3.63, 3.8) is 0 Å². The molecule has 6 rings (SSSR count). The number of benzene rings is 2. The number of carbonyl (C=O) groups excluding carboxylic acids is 6. The van der Waals surface area contributed by atoms with Gasteiger partial charge in [0.1, 0.15) is 17.8 Å². The first-order chi connectivity index (χ1) is 25.5. The van der Waals surface area contributed by atoms with Crippen LogP contribution in [0.25, 0.3) is 0 Å². The molecular weight excluding hydrogens is 686 g/mol. The highest BCUT2D eigenvalue weighted by Crippen LogP contribution is 2.31. The first-order valence-corrected chi connectivity index (χ1v) is 17.8. The van der Waals surface area contributed by atoms with Gasteiger partial charge in [0, 0.05) is 38.1 Å². The summed E-state index contributed by atoms with van der Waals surface area (Å²) in [6, 6.07) is 11.3. The van der Waals surface area contributed by atoms with Gasteiger partial charge in [0.2, 0.25) is 41.7 Å². The van der Waals surface area contributed by atoms with Crippen molar-refractivity contribution >= 4 is 41.9 Å². The molecule has 53 heavy (non-hydrogen) atoms. The van der Waals surface area contributed by atoms with Gasteiger partial charge in [0.25, 0.3) is 5.91 Å². The SMILES string of the molecule is N=C1NC(=O)[C@]2(O)[C@@H](NC(=O)[C@@H]3CCCN3C(=O)[C@H](CNC(=O)C[C@H]3N[C@H](Cc4ccccc4)C(=O)N[C@H]3Cc3ccc(O)cc3)NC=O)CCCN12. The van der Waals surface area contributed by atoms with E-state index in [0.717, 1.165) is 11.1 Å². The van der Waals surface area contributed by atoms with Crippen LogP contribution in [-0.2, 0) is 41.6 Å². The molecule has 0 aliphatic carbocycles. The Bertz CT molecular complexity index is 1730. The number of carbonyl (C=O) groups is 6. The third kappa shape index (κ3) is 8.10. The van der Waals surface area contributed by atoms with E-state index in [-0.39, 0.29) is 50.1 Å². The minimum absolute atomic E-state index is 0.0720. The molecule has 17 heteroatoms. The van der Waals surface area contributed by atoms with Gasteiger partial charge < -0.3 is 46.6 Å². The number of amides is 6. The summed E-state index contributed by atoms with van der Waals surface area (Å²) < 4.78 is 0. The number of piperidine rings is 1. The van der Waals surface area contributed by atoms with E-state index in [1.54, 1.807) is 24.3 Å². The standard InChI is InChI=1S/C36H45N9O8/c37-35-43-34(52)36(53)29(9-5-15-45(35)36)42-32(50)28-8-4-14-44(28)33(51)27(39-20-46)19-38-30(48)18-25-24(16-22-10-12-23(47)13-11-22)41-31(49)26(40-25)17-21-6-2-1-3-7-21/h1-3,6-7,10-13,20,24-29,40,47,53H,4-5,8-9,14-19H2,(H,38,48)(H,39,46)(H,41,49)(H,42,50)(H2,37,43,52)/t24-,25+,26+,27-,28-,29-,36+/m0/s1. The largest absolute Gasteiger partial charge is 0.508 e. The maximum Gasteiger partial charge on any atom is 0.282 e. The van der Waals surface area contributed by atoms with Crippen LogP contribution in [-0.4, -0.2) is 124 Å². The van der Waals surface area contributed by atoms with Gasteiger partial charge in [-0.25, -0.2) is 0 Å². The molecule has 0 unspecified atom stereocenters. The van der Waals surface area contributed by atoms with Crippen molar-refractivity contribution in [3.8, 4) is 5.75 Å². The first kappa shape index (κ1) is 37.2. The Morgan fingerprint density at radius 3 is 2.43 bits per heavy atom. The molecule has 7 atom stereocenters. The monoisotopic (exact) mass is 731 g/mol. The molecule has 0 bridgehead atoms. The molecule has 0 radical (unpaired) electrons. The fraction of sp³-hybridized carbons (Fsp3) is 0.472. The average Bonchev–Trinajstić information content (AvgIpc) is 3.72. The predicted octanol–water partition coefficient (Wildman–Crippen LogP) is -2.05. The molecule has 2 aromatic rings. The summed E-state index contributed by atoms with van der Waals surface area (Å²) in [5, 5.41) is 45.6. The van der Waals surface area contributed by atoms with E-state index in [1.165, 1.54) is 9.80 Å². The number of fused-ring (bicyclic) bond motifs is 1. The fourth-order valence-corrected chi connectivity index (χ4v) is 7.69. The highest BCUT2D eigenvalue weighted by Gasteiger charge is 2.58. The Kier molecular flexibility index (Phi) is 11.2. The number of nitrogens with zero attached hydrogens (tertiary/aromatic N) is 2. The number of guanidine groups is 1. The smallest absolute Gasteiger partial charge is 0.282 e. The average molecular weight is 732 g/mol. The summed E-state index contributed by atoms with van der Waals surface area (Å²) >= 11 is 0. The van der Waals surface area contributed by atoms with Crippen LogP contribution in [0.1, 0.15) is 43.2 Å². The van der Waals surface area contributed by atoms with Crippen molar-refractivity contribution in [2.45, 2.75) is 86.9 Å². The zero-order chi connectivity index (χ0) is 37.7. The second kappa shape index (κ2) is 16.0. The van der Waals surface area contributed by atoms with Gasteiger partial charge in [-0.15, -0.1) is 0 Å². The molecule has 0 spiro atoms. The van der Waals surface area contributed by atoms with Crippen LogP contribution < -0.4 is 31.9 Å². The van der Waals surface area contributed by atoms with E-state index in [1.807, 2.05) is 30.3 Å². The van der Waals surface area contributed by atoms with Crippen molar-refractivity contribution < 1.29 is 39.0 Å². The molecule has 17 nitrogen and oxygen atoms in total. The summed E-state index contributed by atoms with van der Waals surface area (Å²) in [6.07, 6.45) is 2.64. The summed E-state index contributed by atoms with van der Waals surface area (Å²) in [4.78, 5) is 80.6. The number of aliphatic hydroxyl groups is 1. The van der Waals surface area contributed by atoms with Gasteiger partial charge in [-0.05, 0) is 61.8 Å². The lowest BCUT2D eigenvalue weighted by atomic mass is 9.91. The molecule has 9 N–H and O–H groups in total. The highest BCUT2D eigenvalue weighted by molar-refractivity contribution is 6.07. The number of aromatic hydroxyl groups is 1. The Morgan fingerprint density at radius 1 is 0.981 bits per heavy atom. The lowest BCUT2D eigenvalue weighted by Crippen LogP contribution is -2.67. The van der Waals surface area contributed by atoms with Crippen molar-refractivity contribution in [2.24, 2.45) is 0 Å². The molecular formula is C36H45N9O8. The van der Waals surface area contributed by atoms with Crippen LogP contribution in [0.2, 0.25) is 0 Å². The van der Waals surface area contributed by atoms with Crippen LogP contribution in [0.5, 0.6) is 5.75 Å². The van der Waals surface area contributed by atoms with Crippen molar-refractivity contribution in [2.75, 3.05) is 19.6 Å². The molecule has 4 aliphatic rings. The molecule has 4 fully saturated rings. The topological polar surface area (TPSA) is 245 Å². The zero-order valence-electron chi connectivity index (χ0n) is 29.0. The van der Waals surface area contributed by atoms with Gasteiger partial charge >= 0.3 is 0 Å². The molecule has 0 aromatic heterocycles. The summed E-state index contributed by atoms with van der Waals surface area (Å²) in [6.45, 7) is 0.204. The number of rotatable bonds is 13. The second-order valence-corrected chi connectivity index (χ2v) is 13.9. The molecule has 4 aliphatic heterocycles. The van der Waals surface area contributed by atoms with E-state index in [2.05, 4.69) is 31.9 Å². The lowest BCUT2D eigenvalue weighted by Gasteiger charge is -2.42. The van der Waals surface area contributed by atoms with Crippen LogP contribution in [0, 0.1) is 5.41 Å². The predicted molar refractivity (Wildman–Crippen MR) is 189 cm³/mol. The zero-order valence-corrected chi connectivity index (χ0v) is 29.0. The van der Waals surface area contributed by atoms with Crippen molar-refractivity contribution in [3.05, 3.63) is 65.7 Å². The number of nitrogens with one attached hydrogen (secondary N) is 7. The van der Waals surface area contributed by atoms with Crippen LogP contribution >= 0.6 is 0 Å². The number of phenolic OH excluding ortho intramolecular Hbond substituents is 1. The maximum atomic E-state index is 13.8. The van der Waals surface area contributed by atoms with E-state index in [0.29, 0.717) is 38.5 Å². The number of phenols is 1. The van der Waals surface area contributed by atoms with Crippen LogP contribution in [0.3, 0.4) is 0 Å². The Labute approximate surface area is 305 Å². The summed E-state index contributed by atoms with van der Waals surface area (Å²) in [7, 11) is 0. The fourth-order valence-electron chi connectivity index (χ4n) is 7.69.